The summed E-state index contributed by atoms with van der Waals surface area (Å²) in [5, 5.41) is 2.91. The number of hydrogen-bond acceptors (Lipinski definition) is 5. The molecule has 1 heterocycles. The fourth-order valence-electron chi connectivity index (χ4n) is 2.05. The fourth-order valence-corrected chi connectivity index (χ4v) is 2.79. The third kappa shape index (κ3) is 3.91. The number of benzene rings is 1. The van der Waals surface area contributed by atoms with Crippen LogP contribution in [0.15, 0.2) is 23.1 Å². The van der Waals surface area contributed by atoms with Crippen molar-refractivity contribution in [3.05, 3.63) is 24.0 Å². The van der Waals surface area contributed by atoms with Crippen LogP contribution < -0.4 is 10.0 Å². The molecule has 0 bridgehead atoms. The Morgan fingerprint density at radius 3 is 2.57 bits per heavy atom. The summed E-state index contributed by atoms with van der Waals surface area (Å²) in [5.41, 5.74) is 0.242. The second-order valence-electron chi connectivity index (χ2n) is 4.86. The van der Waals surface area contributed by atoms with Crippen LogP contribution in [0.25, 0.3) is 0 Å². The minimum Gasteiger partial charge on any atom is -0.382 e. The molecule has 2 rings (SSSR count). The molecular formula is C13H19FN2O4S. The van der Waals surface area contributed by atoms with Gasteiger partial charge in [0.2, 0.25) is 10.0 Å². The van der Waals surface area contributed by atoms with E-state index in [1.54, 1.807) is 0 Å². The monoisotopic (exact) mass is 318 g/mol. The summed E-state index contributed by atoms with van der Waals surface area (Å²) in [7, 11) is -2.36. The van der Waals surface area contributed by atoms with Gasteiger partial charge < -0.3 is 14.8 Å². The quantitative estimate of drug-likeness (QED) is 0.827. The van der Waals surface area contributed by atoms with Crippen molar-refractivity contribution in [3.63, 3.8) is 0 Å². The molecule has 0 radical (unpaired) electrons. The van der Waals surface area contributed by atoms with Gasteiger partial charge in [0, 0.05) is 13.0 Å². The average molecular weight is 318 g/mol. The zero-order valence-corrected chi connectivity index (χ0v) is 12.8. The van der Waals surface area contributed by atoms with Crippen molar-refractivity contribution in [3.8, 4) is 0 Å². The molecule has 2 N–H and O–H groups in total. The second kappa shape index (κ2) is 6.27. The molecule has 1 aliphatic rings. The van der Waals surface area contributed by atoms with E-state index in [4.69, 9.17) is 9.47 Å². The Labute approximate surface area is 123 Å². The lowest BCUT2D eigenvalue weighted by molar-refractivity contribution is -0.144. The van der Waals surface area contributed by atoms with Gasteiger partial charge in [-0.2, -0.15) is 0 Å². The number of ether oxygens (including phenoxy) is 2. The van der Waals surface area contributed by atoms with Gasteiger partial charge in [0.15, 0.2) is 5.79 Å². The van der Waals surface area contributed by atoms with Gasteiger partial charge in [-0.15, -0.1) is 0 Å². The van der Waals surface area contributed by atoms with Crippen LogP contribution in [0, 0.1) is 5.82 Å². The molecule has 8 heteroatoms. The number of rotatable bonds is 6. The summed E-state index contributed by atoms with van der Waals surface area (Å²) in [6.45, 7) is 3.40. The van der Waals surface area contributed by atoms with Crippen LogP contribution in [0.1, 0.15) is 13.3 Å². The highest BCUT2D eigenvalue weighted by Gasteiger charge is 2.30. The molecule has 1 fully saturated rings. The Hall–Kier alpha value is -1.22. The maximum absolute atomic E-state index is 13.9. The predicted octanol–water partition coefficient (Wildman–Crippen LogP) is 1.30. The van der Waals surface area contributed by atoms with Crippen molar-refractivity contribution < 1.29 is 22.3 Å². The van der Waals surface area contributed by atoms with Crippen LogP contribution in [-0.4, -0.2) is 41.0 Å². The highest BCUT2D eigenvalue weighted by atomic mass is 32.2. The first-order valence-electron chi connectivity index (χ1n) is 6.61. The number of hydrogen-bond donors (Lipinski definition) is 2. The molecule has 21 heavy (non-hydrogen) atoms. The summed E-state index contributed by atoms with van der Waals surface area (Å²) in [4.78, 5) is -0.109. The molecule has 0 unspecified atom stereocenters. The van der Waals surface area contributed by atoms with Crippen molar-refractivity contribution in [2.75, 3.05) is 32.1 Å². The molecule has 1 saturated heterocycles. The number of nitrogens with one attached hydrogen (secondary N) is 2. The van der Waals surface area contributed by atoms with Gasteiger partial charge >= 0.3 is 0 Å². The fraction of sp³-hybridized carbons (Fsp3) is 0.538. The van der Waals surface area contributed by atoms with Crippen molar-refractivity contribution in [2.24, 2.45) is 0 Å². The van der Waals surface area contributed by atoms with E-state index in [2.05, 4.69) is 10.0 Å². The molecule has 1 aromatic rings. The number of anilines is 1. The summed E-state index contributed by atoms with van der Waals surface area (Å²) >= 11 is 0. The van der Waals surface area contributed by atoms with Crippen molar-refractivity contribution in [1.82, 2.24) is 4.72 Å². The van der Waals surface area contributed by atoms with E-state index in [-0.39, 0.29) is 10.6 Å². The normalized spacial score (nSPS) is 17.9. The van der Waals surface area contributed by atoms with Crippen LogP contribution >= 0.6 is 0 Å². The minimum atomic E-state index is -3.64. The maximum atomic E-state index is 13.9. The lowest BCUT2D eigenvalue weighted by Crippen LogP contribution is -2.28. The molecule has 0 amide bonds. The van der Waals surface area contributed by atoms with E-state index in [9.17, 15) is 12.8 Å². The largest absolute Gasteiger partial charge is 0.382 e. The molecule has 1 aliphatic heterocycles. The predicted molar refractivity (Wildman–Crippen MR) is 76.1 cm³/mol. The molecule has 1 aromatic carbocycles. The summed E-state index contributed by atoms with van der Waals surface area (Å²) < 4.78 is 50.1. The Kier molecular flexibility index (Phi) is 4.82. The average Bonchev–Trinajstić information content (AvgIpc) is 2.87. The van der Waals surface area contributed by atoms with Gasteiger partial charge in [-0.25, -0.2) is 17.5 Å². The van der Waals surface area contributed by atoms with Gasteiger partial charge in [0.25, 0.3) is 0 Å². The van der Waals surface area contributed by atoms with E-state index < -0.39 is 21.6 Å². The van der Waals surface area contributed by atoms with Crippen LogP contribution in [0.3, 0.4) is 0 Å². The Morgan fingerprint density at radius 1 is 1.33 bits per heavy atom. The van der Waals surface area contributed by atoms with Crippen molar-refractivity contribution >= 4 is 15.7 Å². The van der Waals surface area contributed by atoms with Crippen LogP contribution in [-0.2, 0) is 19.5 Å². The van der Waals surface area contributed by atoms with E-state index in [1.165, 1.54) is 19.2 Å². The zero-order valence-electron chi connectivity index (χ0n) is 12.0. The van der Waals surface area contributed by atoms with Gasteiger partial charge in [-0.3, -0.25) is 0 Å². The van der Waals surface area contributed by atoms with Gasteiger partial charge in [-0.05, 0) is 32.2 Å². The third-order valence-corrected chi connectivity index (χ3v) is 4.72. The molecule has 0 aliphatic carbocycles. The Bertz CT molecular complexity index is 600. The summed E-state index contributed by atoms with van der Waals surface area (Å²) in [5.74, 6) is -1.26. The first-order chi connectivity index (χ1) is 9.86. The highest BCUT2D eigenvalue weighted by Crippen LogP contribution is 2.23. The maximum Gasteiger partial charge on any atom is 0.240 e. The molecule has 6 nitrogen and oxygen atoms in total. The summed E-state index contributed by atoms with van der Waals surface area (Å²) in [6, 6.07) is 3.73. The van der Waals surface area contributed by atoms with Crippen molar-refractivity contribution in [1.29, 1.82) is 0 Å². The summed E-state index contributed by atoms with van der Waals surface area (Å²) in [6.07, 6.45) is 0.559. The molecule has 118 valence electrons. The standard InChI is InChI=1S/C13H19FN2O4S/c1-13(19-7-8-20-13)5-6-16-12-4-3-10(9-11(12)14)21(17,18)15-2/h3-4,9,15-16H,5-8H2,1-2H3. The smallest absolute Gasteiger partial charge is 0.240 e. The van der Waals surface area contributed by atoms with Crippen LogP contribution in [0.4, 0.5) is 10.1 Å². The van der Waals surface area contributed by atoms with Gasteiger partial charge in [0.1, 0.15) is 5.82 Å². The highest BCUT2D eigenvalue weighted by molar-refractivity contribution is 7.89. The zero-order chi connectivity index (χ0) is 15.5. The molecular weight excluding hydrogens is 299 g/mol. The van der Waals surface area contributed by atoms with E-state index in [0.29, 0.717) is 26.2 Å². The Balaban J connectivity index is 1.98. The van der Waals surface area contributed by atoms with E-state index >= 15 is 0 Å². The first-order valence-corrected chi connectivity index (χ1v) is 8.09. The second-order valence-corrected chi connectivity index (χ2v) is 6.74. The topological polar surface area (TPSA) is 76.7 Å². The van der Waals surface area contributed by atoms with Gasteiger partial charge in [0.05, 0.1) is 23.8 Å². The number of halogens is 1. The van der Waals surface area contributed by atoms with E-state index in [0.717, 1.165) is 6.07 Å². The lowest BCUT2D eigenvalue weighted by atomic mass is 10.2. The van der Waals surface area contributed by atoms with E-state index in [1.807, 2.05) is 6.92 Å². The molecule has 0 aromatic heterocycles. The number of sulfonamides is 1. The molecule has 0 saturated carbocycles. The van der Waals surface area contributed by atoms with Crippen molar-refractivity contribution in [2.45, 2.75) is 24.0 Å². The Morgan fingerprint density at radius 2 is 2.00 bits per heavy atom. The van der Waals surface area contributed by atoms with Gasteiger partial charge in [-0.1, -0.05) is 0 Å². The minimum absolute atomic E-state index is 0.109. The lowest BCUT2D eigenvalue weighted by Gasteiger charge is -2.22. The SMILES string of the molecule is CNS(=O)(=O)c1ccc(NCCC2(C)OCCO2)c(F)c1. The van der Waals surface area contributed by atoms with Crippen LogP contribution in [0.5, 0.6) is 0 Å². The molecule has 0 atom stereocenters. The first kappa shape index (κ1) is 16.2. The third-order valence-electron chi connectivity index (χ3n) is 3.31. The molecule has 0 spiro atoms. The van der Waals surface area contributed by atoms with Crippen LogP contribution in [0.2, 0.25) is 0 Å².